The molecule has 0 amide bonds. The van der Waals surface area contributed by atoms with E-state index in [0.717, 1.165) is 18.6 Å². The normalized spacial score (nSPS) is 11.8. The van der Waals surface area contributed by atoms with Crippen molar-refractivity contribution in [3.05, 3.63) is 12.2 Å². The Hall–Kier alpha value is -0.970. The first-order valence-corrected chi connectivity index (χ1v) is 9.44. The summed E-state index contributed by atoms with van der Waals surface area (Å²) in [5.41, 5.74) is 0.154. The standard InChI is InChI=1S/C17H30O4S/c1-5-6-7-8-9-10-11-20-16(18)12-14(2)17(19)21-15(3)13-22-4/h15H,2,5-13H2,1,3-4H3. The Labute approximate surface area is 139 Å². The number of carbonyl (C=O) groups excluding carboxylic acids is 2. The summed E-state index contributed by atoms with van der Waals surface area (Å²) in [5.74, 6) is -0.201. The highest BCUT2D eigenvalue weighted by molar-refractivity contribution is 7.98. The SMILES string of the molecule is C=C(CC(=O)OCCCCCCCC)C(=O)OC(C)CSC. The van der Waals surface area contributed by atoms with Crippen LogP contribution in [-0.2, 0) is 19.1 Å². The smallest absolute Gasteiger partial charge is 0.334 e. The lowest BCUT2D eigenvalue weighted by molar-refractivity contribution is -0.147. The van der Waals surface area contributed by atoms with Crippen molar-refractivity contribution in [3.8, 4) is 0 Å². The number of esters is 2. The predicted octanol–water partition coefficient (Wildman–Crippen LogP) is 4.13. The van der Waals surface area contributed by atoms with Gasteiger partial charge in [-0.15, -0.1) is 0 Å². The molecule has 22 heavy (non-hydrogen) atoms. The summed E-state index contributed by atoms with van der Waals surface area (Å²) in [6, 6.07) is 0. The Morgan fingerprint density at radius 2 is 1.77 bits per heavy atom. The van der Waals surface area contributed by atoms with Crippen molar-refractivity contribution in [1.82, 2.24) is 0 Å². The molecule has 0 fully saturated rings. The van der Waals surface area contributed by atoms with Crippen LogP contribution in [-0.4, -0.2) is 36.7 Å². The molecule has 5 heteroatoms. The Morgan fingerprint density at radius 3 is 2.41 bits per heavy atom. The Morgan fingerprint density at radius 1 is 1.14 bits per heavy atom. The highest BCUT2D eigenvalue weighted by Gasteiger charge is 2.16. The highest BCUT2D eigenvalue weighted by Crippen LogP contribution is 2.09. The minimum absolute atomic E-state index is 0.0966. The second kappa shape index (κ2) is 13.7. The fourth-order valence-corrected chi connectivity index (χ4v) is 2.44. The lowest BCUT2D eigenvalue weighted by atomic mass is 10.1. The molecule has 0 aliphatic carbocycles. The van der Waals surface area contributed by atoms with E-state index in [1.54, 1.807) is 11.8 Å². The van der Waals surface area contributed by atoms with E-state index in [4.69, 9.17) is 9.47 Å². The lowest BCUT2D eigenvalue weighted by Crippen LogP contribution is -2.20. The summed E-state index contributed by atoms with van der Waals surface area (Å²) >= 11 is 1.60. The van der Waals surface area contributed by atoms with Gasteiger partial charge in [0.25, 0.3) is 0 Å². The van der Waals surface area contributed by atoms with Crippen LogP contribution in [0.15, 0.2) is 12.2 Å². The molecule has 0 aromatic heterocycles. The van der Waals surface area contributed by atoms with E-state index in [2.05, 4.69) is 13.5 Å². The molecule has 0 saturated carbocycles. The first-order valence-electron chi connectivity index (χ1n) is 8.04. The number of unbranched alkanes of at least 4 members (excludes halogenated alkanes) is 5. The minimum atomic E-state index is -0.516. The zero-order valence-electron chi connectivity index (χ0n) is 14.2. The number of thioether (sulfide) groups is 1. The molecule has 0 rings (SSSR count). The fraction of sp³-hybridized carbons (Fsp3) is 0.765. The monoisotopic (exact) mass is 330 g/mol. The third-order valence-electron chi connectivity index (χ3n) is 3.12. The van der Waals surface area contributed by atoms with Crippen LogP contribution < -0.4 is 0 Å². The van der Waals surface area contributed by atoms with E-state index in [9.17, 15) is 9.59 Å². The van der Waals surface area contributed by atoms with Crippen LogP contribution in [0.25, 0.3) is 0 Å². The van der Waals surface area contributed by atoms with Gasteiger partial charge < -0.3 is 9.47 Å². The van der Waals surface area contributed by atoms with E-state index in [1.165, 1.54) is 25.7 Å². The maximum absolute atomic E-state index is 11.7. The quantitative estimate of drug-likeness (QED) is 0.289. The van der Waals surface area contributed by atoms with Crippen molar-refractivity contribution in [1.29, 1.82) is 0 Å². The van der Waals surface area contributed by atoms with Gasteiger partial charge in [-0.25, -0.2) is 4.79 Å². The molecule has 0 aromatic carbocycles. The number of hydrogen-bond donors (Lipinski definition) is 0. The van der Waals surface area contributed by atoms with Crippen molar-refractivity contribution >= 4 is 23.7 Å². The van der Waals surface area contributed by atoms with Gasteiger partial charge in [0.2, 0.25) is 0 Å². The zero-order valence-corrected chi connectivity index (χ0v) is 15.0. The average molecular weight is 330 g/mol. The number of rotatable bonds is 13. The maximum Gasteiger partial charge on any atom is 0.334 e. The molecule has 0 saturated heterocycles. The van der Waals surface area contributed by atoms with Crippen molar-refractivity contribution in [2.45, 2.75) is 64.9 Å². The van der Waals surface area contributed by atoms with Crippen molar-refractivity contribution in [3.63, 3.8) is 0 Å². The van der Waals surface area contributed by atoms with E-state index in [0.29, 0.717) is 6.61 Å². The van der Waals surface area contributed by atoms with E-state index in [-0.39, 0.29) is 18.1 Å². The summed E-state index contributed by atoms with van der Waals surface area (Å²) < 4.78 is 10.3. The highest BCUT2D eigenvalue weighted by atomic mass is 32.2. The van der Waals surface area contributed by atoms with E-state index >= 15 is 0 Å². The van der Waals surface area contributed by atoms with Gasteiger partial charge in [0.1, 0.15) is 6.10 Å². The van der Waals surface area contributed by atoms with Crippen LogP contribution in [0.2, 0.25) is 0 Å². The molecular formula is C17H30O4S. The number of carbonyl (C=O) groups is 2. The second-order valence-electron chi connectivity index (χ2n) is 5.44. The van der Waals surface area contributed by atoms with Gasteiger partial charge in [-0.05, 0) is 19.6 Å². The van der Waals surface area contributed by atoms with Crippen LogP contribution in [0.3, 0.4) is 0 Å². The van der Waals surface area contributed by atoms with Crippen molar-refractivity contribution in [2.75, 3.05) is 18.6 Å². The molecule has 0 aliphatic heterocycles. The molecule has 128 valence electrons. The summed E-state index contributed by atoms with van der Waals surface area (Å²) in [6.07, 6.45) is 8.51. The third kappa shape index (κ3) is 11.7. The van der Waals surface area contributed by atoms with Gasteiger partial charge in [0.05, 0.1) is 13.0 Å². The Bertz CT molecular complexity index is 342. The third-order valence-corrected chi connectivity index (χ3v) is 3.92. The molecule has 1 atom stereocenters. The second-order valence-corrected chi connectivity index (χ2v) is 6.35. The van der Waals surface area contributed by atoms with Crippen LogP contribution in [0.5, 0.6) is 0 Å². The van der Waals surface area contributed by atoms with Gasteiger partial charge in [-0.2, -0.15) is 11.8 Å². The van der Waals surface area contributed by atoms with Crippen LogP contribution in [0.1, 0.15) is 58.8 Å². The lowest BCUT2D eigenvalue weighted by Gasteiger charge is -2.12. The van der Waals surface area contributed by atoms with Crippen molar-refractivity contribution in [2.24, 2.45) is 0 Å². The maximum atomic E-state index is 11.7. The zero-order chi connectivity index (χ0) is 16.8. The number of hydrogen-bond acceptors (Lipinski definition) is 5. The van der Waals surface area contributed by atoms with Crippen LogP contribution >= 0.6 is 11.8 Å². The Balaban J connectivity index is 3.73. The van der Waals surface area contributed by atoms with Crippen LogP contribution in [0.4, 0.5) is 0 Å². The molecule has 4 nitrogen and oxygen atoms in total. The van der Waals surface area contributed by atoms with E-state index < -0.39 is 11.9 Å². The topological polar surface area (TPSA) is 52.6 Å². The molecule has 0 bridgehead atoms. The van der Waals surface area contributed by atoms with Gasteiger partial charge in [-0.3, -0.25) is 4.79 Å². The summed E-state index contributed by atoms with van der Waals surface area (Å²) in [4.78, 5) is 23.3. The number of ether oxygens (including phenoxy) is 2. The largest absolute Gasteiger partial charge is 0.465 e. The average Bonchev–Trinajstić information content (AvgIpc) is 2.46. The summed E-state index contributed by atoms with van der Waals surface area (Å²) in [5, 5.41) is 0. The van der Waals surface area contributed by atoms with Crippen LogP contribution in [0, 0.1) is 0 Å². The molecule has 1 unspecified atom stereocenters. The molecule has 0 aliphatic rings. The van der Waals surface area contributed by atoms with Gasteiger partial charge >= 0.3 is 11.9 Å². The molecular weight excluding hydrogens is 300 g/mol. The molecule has 0 heterocycles. The first-order chi connectivity index (χ1) is 10.5. The fourth-order valence-electron chi connectivity index (χ4n) is 1.90. The van der Waals surface area contributed by atoms with Crippen molar-refractivity contribution < 1.29 is 19.1 Å². The minimum Gasteiger partial charge on any atom is -0.465 e. The molecule has 0 radical (unpaired) electrons. The van der Waals surface area contributed by atoms with E-state index in [1.807, 2.05) is 13.2 Å². The summed E-state index contributed by atoms with van der Waals surface area (Å²) in [6.45, 7) is 8.02. The summed E-state index contributed by atoms with van der Waals surface area (Å²) in [7, 11) is 0. The Kier molecular flexibility index (Phi) is 13.1. The first kappa shape index (κ1) is 21.0. The van der Waals surface area contributed by atoms with Gasteiger partial charge in [0, 0.05) is 11.3 Å². The molecule has 0 aromatic rings. The van der Waals surface area contributed by atoms with Gasteiger partial charge in [0.15, 0.2) is 0 Å². The van der Waals surface area contributed by atoms with Gasteiger partial charge in [-0.1, -0.05) is 45.6 Å². The molecule has 0 spiro atoms. The molecule has 0 N–H and O–H groups in total. The predicted molar refractivity (Wildman–Crippen MR) is 92.0 cm³/mol.